The van der Waals surface area contributed by atoms with Gasteiger partial charge in [-0.3, -0.25) is 9.35 Å². The number of aliphatic hydroxyl groups excluding tert-OH is 4. The molecule has 1 aliphatic heterocycles. The molecule has 1 aliphatic rings. The summed E-state index contributed by atoms with van der Waals surface area (Å²) < 4.78 is 35.0. The number of hydrogen-bond acceptors (Lipinski definition) is 8. The van der Waals surface area contributed by atoms with Gasteiger partial charge in [-0.25, -0.2) is 0 Å². The van der Waals surface area contributed by atoms with Gasteiger partial charge in [0.25, 0.3) is 10.1 Å². The van der Waals surface area contributed by atoms with Crippen molar-refractivity contribution < 1.29 is 42.9 Å². The zero-order valence-electron chi connectivity index (χ0n) is 8.95. The molecule has 2 unspecified atom stereocenters. The lowest BCUT2D eigenvalue weighted by Gasteiger charge is -2.38. The maximum Gasteiger partial charge on any atom is 0.278 e. The van der Waals surface area contributed by atoms with E-state index in [9.17, 15) is 28.5 Å². The Morgan fingerprint density at radius 3 is 2.22 bits per heavy atom. The minimum absolute atomic E-state index is 0.475. The van der Waals surface area contributed by atoms with E-state index >= 15 is 0 Å². The molecule has 0 aromatic carbocycles. The molecule has 1 rings (SSSR count). The predicted octanol–water partition coefficient (Wildman–Crippen LogP) is -3.81. The average molecular weight is 285 g/mol. The highest BCUT2D eigenvalue weighted by Gasteiger charge is 2.46. The number of carbonyl (C=O) groups excluding carboxylic acids is 1. The molecule has 0 aromatic rings. The van der Waals surface area contributed by atoms with Gasteiger partial charge >= 0.3 is 0 Å². The molecule has 1 radical (unpaired) electrons. The number of ether oxygens (including phenoxy) is 1. The van der Waals surface area contributed by atoms with Crippen molar-refractivity contribution in [1.29, 1.82) is 0 Å². The molecule has 0 aromatic heterocycles. The molecule has 105 valence electrons. The predicted molar refractivity (Wildman–Crippen MR) is 54.8 cm³/mol. The Kier molecular flexibility index (Phi) is 4.78. The summed E-state index contributed by atoms with van der Waals surface area (Å²) in [7, 11) is -4.93. The fraction of sp³-hybridized carbons (Fsp3) is 0.875. The molecule has 5 N–H and O–H groups in total. The lowest BCUT2D eigenvalue weighted by molar-refractivity contribution is -0.209. The van der Waals surface area contributed by atoms with Crippen LogP contribution in [0.3, 0.4) is 0 Å². The maximum absolute atomic E-state index is 10.8. The molecular weight excluding hydrogens is 272 g/mol. The summed E-state index contributed by atoms with van der Waals surface area (Å²) in [5.74, 6) is 0. The Morgan fingerprint density at radius 2 is 1.78 bits per heavy atom. The van der Waals surface area contributed by atoms with Crippen molar-refractivity contribution in [2.24, 2.45) is 0 Å². The van der Waals surface area contributed by atoms with Crippen LogP contribution in [0, 0.1) is 0 Å². The van der Waals surface area contributed by atoms with Gasteiger partial charge in [-0.15, -0.1) is 0 Å². The summed E-state index contributed by atoms with van der Waals surface area (Å²) in [5.41, 5.74) is 0. The topological polar surface area (TPSA) is 162 Å². The van der Waals surface area contributed by atoms with Crippen molar-refractivity contribution in [3.63, 3.8) is 0 Å². The highest BCUT2D eigenvalue weighted by molar-refractivity contribution is 7.87. The van der Waals surface area contributed by atoms with Crippen LogP contribution in [-0.4, -0.2) is 82.1 Å². The third kappa shape index (κ3) is 3.03. The Labute approximate surface area is 102 Å². The van der Waals surface area contributed by atoms with Crippen LogP contribution < -0.4 is 0 Å². The van der Waals surface area contributed by atoms with Crippen LogP contribution in [0.4, 0.5) is 0 Å². The van der Waals surface area contributed by atoms with E-state index in [1.807, 2.05) is 0 Å². The molecule has 1 fully saturated rings. The molecular formula is C8H13O9S. The first kappa shape index (κ1) is 15.4. The summed E-state index contributed by atoms with van der Waals surface area (Å²) >= 11 is 0. The van der Waals surface area contributed by atoms with E-state index in [4.69, 9.17) is 14.4 Å². The second-order valence-corrected chi connectivity index (χ2v) is 5.43. The Hall–Kier alpha value is -0.620. The second-order valence-electron chi connectivity index (χ2n) is 3.89. The van der Waals surface area contributed by atoms with Gasteiger partial charge in [0.2, 0.25) is 6.29 Å². The molecule has 0 amide bonds. The van der Waals surface area contributed by atoms with Crippen molar-refractivity contribution in [3.05, 3.63) is 0 Å². The van der Waals surface area contributed by atoms with E-state index < -0.39 is 52.5 Å². The summed E-state index contributed by atoms with van der Waals surface area (Å²) in [6.45, 7) is -0.475. The van der Waals surface area contributed by atoms with Crippen LogP contribution in [0.15, 0.2) is 0 Å². The third-order valence-electron chi connectivity index (χ3n) is 2.62. The SMILES string of the molecule is O=[C]C(C(O)[C@H]1OC[C@@H](O)[C@@H](O)[C@@H]1O)S(=O)(=O)O. The molecule has 1 heterocycles. The molecule has 0 aliphatic carbocycles. The van der Waals surface area contributed by atoms with E-state index in [1.165, 1.54) is 0 Å². The number of aliphatic hydroxyl groups is 4. The first-order valence-corrected chi connectivity index (χ1v) is 6.38. The van der Waals surface area contributed by atoms with Gasteiger partial charge in [0.15, 0.2) is 5.25 Å². The van der Waals surface area contributed by atoms with E-state index in [1.54, 1.807) is 0 Å². The first-order valence-electron chi connectivity index (χ1n) is 4.88. The van der Waals surface area contributed by atoms with Crippen LogP contribution in [0.5, 0.6) is 0 Å². The highest BCUT2D eigenvalue weighted by Crippen LogP contribution is 2.21. The average Bonchev–Trinajstić information content (AvgIpc) is 2.25. The zero-order valence-corrected chi connectivity index (χ0v) is 9.77. The third-order valence-corrected chi connectivity index (χ3v) is 3.64. The number of rotatable bonds is 4. The van der Waals surface area contributed by atoms with Crippen LogP contribution in [0.25, 0.3) is 0 Å². The van der Waals surface area contributed by atoms with Gasteiger partial charge < -0.3 is 25.2 Å². The maximum atomic E-state index is 10.8. The minimum Gasteiger partial charge on any atom is -0.388 e. The van der Waals surface area contributed by atoms with Gasteiger partial charge in [0, 0.05) is 0 Å². The highest BCUT2D eigenvalue weighted by atomic mass is 32.2. The van der Waals surface area contributed by atoms with E-state index in [0.717, 1.165) is 6.29 Å². The quantitative estimate of drug-likeness (QED) is 0.326. The molecule has 0 bridgehead atoms. The minimum atomic E-state index is -4.93. The molecule has 18 heavy (non-hydrogen) atoms. The van der Waals surface area contributed by atoms with E-state index in [0.29, 0.717) is 0 Å². The van der Waals surface area contributed by atoms with E-state index in [-0.39, 0.29) is 0 Å². The van der Waals surface area contributed by atoms with Gasteiger partial charge in [-0.05, 0) is 0 Å². The molecule has 0 spiro atoms. The van der Waals surface area contributed by atoms with Gasteiger partial charge in [0.1, 0.15) is 30.5 Å². The normalized spacial score (nSPS) is 36.9. The molecule has 6 atom stereocenters. The van der Waals surface area contributed by atoms with Crippen LogP contribution >= 0.6 is 0 Å². The Balaban J connectivity index is 2.90. The zero-order chi connectivity index (χ0) is 14.1. The Bertz CT molecular complexity index is 393. The fourth-order valence-electron chi connectivity index (χ4n) is 1.61. The number of hydrogen-bond donors (Lipinski definition) is 5. The van der Waals surface area contributed by atoms with Gasteiger partial charge in [-0.1, -0.05) is 0 Å². The van der Waals surface area contributed by atoms with Crippen LogP contribution in [0.2, 0.25) is 0 Å². The smallest absolute Gasteiger partial charge is 0.278 e. The fourth-order valence-corrected chi connectivity index (χ4v) is 2.24. The lowest BCUT2D eigenvalue weighted by Crippen LogP contribution is -2.59. The first-order chi connectivity index (χ1) is 8.20. The molecule has 10 heteroatoms. The summed E-state index contributed by atoms with van der Waals surface area (Å²) in [5, 5.41) is 35.2. The Morgan fingerprint density at radius 1 is 1.22 bits per heavy atom. The van der Waals surface area contributed by atoms with Crippen LogP contribution in [-0.2, 0) is 19.6 Å². The molecule has 9 nitrogen and oxygen atoms in total. The van der Waals surface area contributed by atoms with Crippen molar-refractivity contribution in [2.75, 3.05) is 6.61 Å². The summed E-state index contributed by atoms with van der Waals surface area (Å²) in [6, 6.07) is 0. The van der Waals surface area contributed by atoms with Gasteiger partial charge in [0.05, 0.1) is 6.61 Å². The van der Waals surface area contributed by atoms with Crippen molar-refractivity contribution in [1.82, 2.24) is 0 Å². The molecule has 1 saturated heterocycles. The molecule has 0 saturated carbocycles. The standard InChI is InChI=1S/C8H13O9S/c9-1-4(18(14,15)16)6(12)8-7(13)5(11)3(10)2-17-8/h3-8,10-13H,2H2,(H,14,15,16)/t3-,4?,5-,6?,7+,8-/m1/s1. The van der Waals surface area contributed by atoms with Crippen molar-refractivity contribution in [2.45, 2.75) is 35.8 Å². The van der Waals surface area contributed by atoms with E-state index in [2.05, 4.69) is 0 Å². The summed E-state index contributed by atoms with van der Waals surface area (Å²) in [6.07, 6.45) is -7.77. The monoisotopic (exact) mass is 285 g/mol. The largest absolute Gasteiger partial charge is 0.388 e. The van der Waals surface area contributed by atoms with Crippen LogP contribution in [0.1, 0.15) is 0 Å². The summed E-state index contributed by atoms with van der Waals surface area (Å²) in [4.78, 5) is 10.4. The van der Waals surface area contributed by atoms with Crippen molar-refractivity contribution in [3.8, 4) is 0 Å². The lowest BCUT2D eigenvalue weighted by atomic mass is 9.95. The van der Waals surface area contributed by atoms with Crippen molar-refractivity contribution >= 4 is 16.4 Å². The second kappa shape index (κ2) is 5.57. The van der Waals surface area contributed by atoms with Gasteiger partial charge in [-0.2, -0.15) is 8.42 Å².